The molecule has 2 aliphatic rings. The number of nitrogens with zero attached hydrogens (tertiary/aromatic N) is 3. The van der Waals surface area contributed by atoms with Crippen LogP contribution in [0.2, 0.25) is 0 Å². The minimum Gasteiger partial charge on any atom is -0.378 e. The highest BCUT2D eigenvalue weighted by Crippen LogP contribution is 2.34. The third kappa shape index (κ3) is 3.26. The molecule has 0 radical (unpaired) electrons. The van der Waals surface area contributed by atoms with E-state index in [2.05, 4.69) is 71.9 Å². The smallest absolute Gasteiger partial charge is 0.0905 e. The number of aryl methyl sites for hydroxylation is 3. The summed E-state index contributed by atoms with van der Waals surface area (Å²) >= 11 is 0. The second-order valence-electron chi connectivity index (χ2n) is 7.50. The van der Waals surface area contributed by atoms with E-state index in [1.165, 1.54) is 33.8 Å². The van der Waals surface area contributed by atoms with E-state index in [0.29, 0.717) is 0 Å². The first-order valence-electron chi connectivity index (χ1n) is 9.63. The molecule has 4 rings (SSSR count). The molecule has 0 bridgehead atoms. The van der Waals surface area contributed by atoms with E-state index in [1.54, 1.807) is 0 Å². The zero-order chi connectivity index (χ0) is 18.1. The van der Waals surface area contributed by atoms with E-state index >= 15 is 0 Å². The molecule has 2 aromatic rings. The minimum absolute atomic E-state index is 0.822. The number of ether oxygens (including phenoxy) is 1. The molecule has 2 aliphatic heterocycles. The van der Waals surface area contributed by atoms with Gasteiger partial charge in [0.25, 0.3) is 0 Å². The fourth-order valence-corrected chi connectivity index (χ4v) is 4.44. The predicted octanol–water partition coefficient (Wildman–Crippen LogP) is 3.73. The van der Waals surface area contributed by atoms with Crippen LogP contribution in [0.5, 0.6) is 0 Å². The molecule has 0 N–H and O–H groups in total. The highest BCUT2D eigenvalue weighted by Gasteiger charge is 2.26. The van der Waals surface area contributed by atoms with Crippen LogP contribution >= 0.6 is 0 Å². The number of rotatable bonds is 3. The average Bonchev–Trinajstić information content (AvgIpc) is 3.11. The van der Waals surface area contributed by atoms with Crippen molar-refractivity contribution in [2.45, 2.75) is 20.8 Å². The molecule has 0 unspecified atom stereocenters. The molecule has 2 aromatic carbocycles. The lowest BCUT2D eigenvalue weighted by Gasteiger charge is -2.33. The second-order valence-corrected chi connectivity index (χ2v) is 7.50. The monoisotopic (exact) mass is 351 g/mol. The summed E-state index contributed by atoms with van der Waals surface area (Å²) < 4.78 is 5.53. The van der Waals surface area contributed by atoms with Gasteiger partial charge < -0.3 is 19.4 Å². The standard InChI is InChI=1S/C22H29N3O/c1-17-14-18(2)22(19(3)15-17)25-9-8-24(16-25)21-7-5-4-6-20(21)23-10-12-26-13-11-23/h4-7,14-15H,8-13,16H2,1-3H3. The van der Waals surface area contributed by atoms with E-state index in [9.17, 15) is 0 Å². The number of benzene rings is 2. The molecule has 2 heterocycles. The minimum atomic E-state index is 0.822. The third-order valence-corrected chi connectivity index (χ3v) is 5.51. The lowest BCUT2D eigenvalue weighted by atomic mass is 10.0. The fraction of sp³-hybridized carbons (Fsp3) is 0.455. The number of para-hydroxylation sites is 2. The van der Waals surface area contributed by atoms with Gasteiger partial charge in [-0.25, -0.2) is 0 Å². The maximum Gasteiger partial charge on any atom is 0.0905 e. The Morgan fingerprint density at radius 3 is 1.96 bits per heavy atom. The number of morpholine rings is 1. The van der Waals surface area contributed by atoms with Crippen LogP contribution in [-0.4, -0.2) is 46.1 Å². The Hall–Kier alpha value is -2.20. The SMILES string of the molecule is Cc1cc(C)c(N2CCN(c3ccccc3N3CCOCC3)C2)c(C)c1. The van der Waals surface area contributed by atoms with Gasteiger partial charge in [0.05, 0.1) is 31.3 Å². The first kappa shape index (κ1) is 17.2. The highest BCUT2D eigenvalue weighted by molar-refractivity contribution is 5.73. The number of anilines is 3. The molecule has 2 fully saturated rings. The molecule has 4 nitrogen and oxygen atoms in total. The van der Waals surface area contributed by atoms with Gasteiger partial charge in [-0.1, -0.05) is 29.8 Å². The van der Waals surface area contributed by atoms with Crippen LogP contribution in [-0.2, 0) is 4.74 Å². The molecule has 0 aromatic heterocycles. The quantitative estimate of drug-likeness (QED) is 0.839. The molecule has 2 saturated heterocycles. The van der Waals surface area contributed by atoms with Crippen LogP contribution < -0.4 is 14.7 Å². The maximum absolute atomic E-state index is 5.53. The number of hydrogen-bond donors (Lipinski definition) is 0. The van der Waals surface area contributed by atoms with Crippen LogP contribution in [0.3, 0.4) is 0 Å². The zero-order valence-electron chi connectivity index (χ0n) is 16.2. The molecule has 26 heavy (non-hydrogen) atoms. The van der Waals surface area contributed by atoms with Crippen LogP contribution in [0.1, 0.15) is 16.7 Å². The summed E-state index contributed by atoms with van der Waals surface area (Å²) in [5, 5.41) is 0. The molecular formula is C22H29N3O. The average molecular weight is 351 g/mol. The zero-order valence-corrected chi connectivity index (χ0v) is 16.2. The molecule has 0 spiro atoms. The van der Waals surface area contributed by atoms with Gasteiger partial charge in [-0.2, -0.15) is 0 Å². The summed E-state index contributed by atoms with van der Waals surface area (Å²) in [6.45, 7) is 13.3. The summed E-state index contributed by atoms with van der Waals surface area (Å²) in [5.41, 5.74) is 8.20. The Bertz CT molecular complexity index is 760. The van der Waals surface area contributed by atoms with Crippen molar-refractivity contribution in [1.82, 2.24) is 0 Å². The molecule has 4 heteroatoms. The van der Waals surface area contributed by atoms with Crippen molar-refractivity contribution in [3.8, 4) is 0 Å². The van der Waals surface area contributed by atoms with Crippen LogP contribution in [0.25, 0.3) is 0 Å². The summed E-state index contributed by atoms with van der Waals surface area (Å²) in [4.78, 5) is 7.51. The van der Waals surface area contributed by atoms with Gasteiger partial charge in [0.1, 0.15) is 0 Å². The topological polar surface area (TPSA) is 19.0 Å². The van der Waals surface area contributed by atoms with Crippen molar-refractivity contribution >= 4 is 17.1 Å². The van der Waals surface area contributed by atoms with Gasteiger partial charge in [-0.05, 0) is 44.0 Å². The van der Waals surface area contributed by atoms with E-state index in [1.807, 2.05) is 0 Å². The van der Waals surface area contributed by atoms with E-state index < -0.39 is 0 Å². The molecule has 0 aliphatic carbocycles. The van der Waals surface area contributed by atoms with Gasteiger partial charge in [0.2, 0.25) is 0 Å². The van der Waals surface area contributed by atoms with Crippen molar-refractivity contribution < 1.29 is 4.74 Å². The lowest BCUT2D eigenvalue weighted by molar-refractivity contribution is 0.122. The fourth-order valence-electron chi connectivity index (χ4n) is 4.44. The van der Waals surface area contributed by atoms with Crippen molar-refractivity contribution in [2.24, 2.45) is 0 Å². The van der Waals surface area contributed by atoms with Gasteiger partial charge >= 0.3 is 0 Å². The van der Waals surface area contributed by atoms with Crippen molar-refractivity contribution in [3.63, 3.8) is 0 Å². The lowest BCUT2D eigenvalue weighted by Crippen LogP contribution is -2.37. The Labute approximate surface area is 157 Å². The normalized spacial score (nSPS) is 17.9. The summed E-state index contributed by atoms with van der Waals surface area (Å²) in [6, 6.07) is 13.4. The van der Waals surface area contributed by atoms with Crippen LogP contribution in [0, 0.1) is 20.8 Å². The molecule has 0 atom stereocenters. The molecule has 0 saturated carbocycles. The van der Waals surface area contributed by atoms with Gasteiger partial charge in [0, 0.05) is 31.9 Å². The van der Waals surface area contributed by atoms with E-state index in [4.69, 9.17) is 4.74 Å². The Morgan fingerprint density at radius 2 is 1.31 bits per heavy atom. The second kappa shape index (κ2) is 7.20. The molecule has 138 valence electrons. The highest BCUT2D eigenvalue weighted by atomic mass is 16.5. The van der Waals surface area contributed by atoms with Crippen molar-refractivity contribution in [3.05, 3.63) is 53.1 Å². The Morgan fingerprint density at radius 1 is 0.731 bits per heavy atom. The van der Waals surface area contributed by atoms with Gasteiger partial charge in [-0.3, -0.25) is 0 Å². The maximum atomic E-state index is 5.53. The van der Waals surface area contributed by atoms with E-state index in [-0.39, 0.29) is 0 Å². The van der Waals surface area contributed by atoms with Crippen molar-refractivity contribution in [2.75, 3.05) is 60.8 Å². The Balaban J connectivity index is 1.58. The van der Waals surface area contributed by atoms with Crippen LogP contribution in [0.4, 0.5) is 17.1 Å². The summed E-state index contributed by atoms with van der Waals surface area (Å²) in [5.74, 6) is 0. The molecular weight excluding hydrogens is 322 g/mol. The predicted molar refractivity (Wildman–Crippen MR) is 110 cm³/mol. The van der Waals surface area contributed by atoms with Crippen LogP contribution in [0.15, 0.2) is 36.4 Å². The summed E-state index contributed by atoms with van der Waals surface area (Å²) in [6.07, 6.45) is 0. The van der Waals surface area contributed by atoms with Crippen molar-refractivity contribution in [1.29, 1.82) is 0 Å². The Kier molecular flexibility index (Phi) is 4.77. The first-order valence-corrected chi connectivity index (χ1v) is 9.63. The third-order valence-electron chi connectivity index (χ3n) is 5.51. The first-order chi connectivity index (χ1) is 12.6. The number of hydrogen-bond acceptors (Lipinski definition) is 4. The molecule has 0 amide bonds. The largest absolute Gasteiger partial charge is 0.378 e. The van der Waals surface area contributed by atoms with Gasteiger partial charge in [0.15, 0.2) is 0 Å². The van der Waals surface area contributed by atoms with E-state index in [0.717, 1.165) is 46.1 Å². The summed E-state index contributed by atoms with van der Waals surface area (Å²) in [7, 11) is 0. The van der Waals surface area contributed by atoms with Gasteiger partial charge in [-0.15, -0.1) is 0 Å².